The van der Waals surface area contributed by atoms with E-state index in [9.17, 15) is 4.79 Å². The first kappa shape index (κ1) is 13.1. The Morgan fingerprint density at radius 2 is 2.11 bits per heavy atom. The molecular weight excluding hydrogens is 224 g/mol. The number of nitrogens with one attached hydrogen (secondary N) is 1. The number of amides is 1. The zero-order chi connectivity index (χ0) is 13.0. The number of piperidine rings is 1. The number of benzene rings is 1. The summed E-state index contributed by atoms with van der Waals surface area (Å²) >= 11 is 0. The van der Waals surface area contributed by atoms with Gasteiger partial charge in [0.15, 0.2) is 0 Å². The molecule has 1 N–H and O–H groups in total. The number of aryl methyl sites for hydroxylation is 1. The van der Waals surface area contributed by atoms with Crippen LogP contribution in [-0.4, -0.2) is 30.9 Å². The average molecular weight is 246 g/mol. The minimum absolute atomic E-state index is 0.230. The van der Waals surface area contributed by atoms with Gasteiger partial charge in [0.2, 0.25) is 5.91 Å². The van der Waals surface area contributed by atoms with E-state index >= 15 is 0 Å². The lowest BCUT2D eigenvalue weighted by molar-refractivity contribution is -0.133. The molecule has 1 aromatic carbocycles. The second-order valence-electron chi connectivity index (χ2n) is 4.99. The van der Waals surface area contributed by atoms with Gasteiger partial charge < -0.3 is 10.2 Å². The Labute approximate surface area is 109 Å². The Balaban J connectivity index is 2.09. The second-order valence-corrected chi connectivity index (χ2v) is 4.99. The molecule has 3 nitrogen and oxygen atoms in total. The second kappa shape index (κ2) is 6.01. The van der Waals surface area contributed by atoms with Crippen LogP contribution in [0.5, 0.6) is 0 Å². The van der Waals surface area contributed by atoms with Crippen molar-refractivity contribution in [2.24, 2.45) is 0 Å². The smallest absolute Gasteiger partial charge is 0.222 e. The van der Waals surface area contributed by atoms with E-state index in [1.165, 1.54) is 11.1 Å². The van der Waals surface area contributed by atoms with Gasteiger partial charge in [0.25, 0.3) is 0 Å². The summed E-state index contributed by atoms with van der Waals surface area (Å²) in [4.78, 5) is 13.9. The first-order valence-corrected chi connectivity index (χ1v) is 6.73. The molecule has 0 aliphatic carbocycles. The standard InChI is InChI=1S/C15H22N2O/c1-12-7-3-4-8-13(12)14(16-2)11-17-10-6-5-9-15(17)18/h3-4,7-8,14,16H,5-6,9-11H2,1-2H3. The number of hydrogen-bond acceptors (Lipinski definition) is 2. The molecule has 0 aromatic heterocycles. The van der Waals surface area contributed by atoms with Crippen LogP contribution in [0.2, 0.25) is 0 Å². The van der Waals surface area contributed by atoms with Gasteiger partial charge >= 0.3 is 0 Å². The van der Waals surface area contributed by atoms with Crippen molar-refractivity contribution in [3.05, 3.63) is 35.4 Å². The SMILES string of the molecule is CNC(CN1CCCCC1=O)c1ccccc1C. The lowest BCUT2D eigenvalue weighted by atomic mass is 10.00. The molecule has 2 rings (SSSR count). The van der Waals surface area contributed by atoms with Crippen LogP contribution in [0, 0.1) is 6.92 Å². The van der Waals surface area contributed by atoms with Crippen molar-refractivity contribution in [2.75, 3.05) is 20.1 Å². The summed E-state index contributed by atoms with van der Waals surface area (Å²) in [5, 5.41) is 3.33. The Bertz CT molecular complexity index is 417. The highest BCUT2D eigenvalue weighted by Crippen LogP contribution is 2.20. The lowest BCUT2D eigenvalue weighted by Crippen LogP contribution is -2.41. The van der Waals surface area contributed by atoms with Crippen LogP contribution in [0.3, 0.4) is 0 Å². The van der Waals surface area contributed by atoms with Gasteiger partial charge in [-0.2, -0.15) is 0 Å². The topological polar surface area (TPSA) is 32.3 Å². The van der Waals surface area contributed by atoms with Crippen LogP contribution in [0.15, 0.2) is 24.3 Å². The Morgan fingerprint density at radius 1 is 1.33 bits per heavy atom. The number of nitrogens with zero attached hydrogens (tertiary/aromatic N) is 1. The minimum atomic E-state index is 0.230. The van der Waals surface area contributed by atoms with Gasteiger partial charge in [-0.3, -0.25) is 4.79 Å². The van der Waals surface area contributed by atoms with E-state index in [1.54, 1.807) is 0 Å². The van der Waals surface area contributed by atoms with Crippen LogP contribution >= 0.6 is 0 Å². The molecule has 0 spiro atoms. The van der Waals surface area contributed by atoms with Crippen molar-refractivity contribution >= 4 is 5.91 Å². The monoisotopic (exact) mass is 246 g/mol. The maximum Gasteiger partial charge on any atom is 0.222 e. The van der Waals surface area contributed by atoms with E-state index in [0.717, 1.165) is 25.9 Å². The summed E-state index contributed by atoms with van der Waals surface area (Å²) in [6.45, 7) is 3.81. The van der Waals surface area contributed by atoms with E-state index < -0.39 is 0 Å². The fourth-order valence-electron chi connectivity index (χ4n) is 2.60. The van der Waals surface area contributed by atoms with E-state index in [2.05, 4.69) is 36.5 Å². The molecule has 1 aliphatic rings. The molecule has 0 radical (unpaired) electrons. The zero-order valence-electron chi connectivity index (χ0n) is 11.3. The predicted molar refractivity (Wildman–Crippen MR) is 73.4 cm³/mol. The average Bonchev–Trinajstić information content (AvgIpc) is 2.39. The maximum absolute atomic E-state index is 11.9. The molecule has 18 heavy (non-hydrogen) atoms. The van der Waals surface area contributed by atoms with Crippen LogP contribution in [0.25, 0.3) is 0 Å². The van der Waals surface area contributed by atoms with E-state index in [-0.39, 0.29) is 6.04 Å². The van der Waals surface area contributed by atoms with E-state index in [0.29, 0.717) is 12.3 Å². The fourth-order valence-corrected chi connectivity index (χ4v) is 2.60. The first-order valence-electron chi connectivity index (χ1n) is 6.73. The summed E-state index contributed by atoms with van der Waals surface area (Å²) in [5.74, 6) is 0.301. The molecule has 1 aliphatic heterocycles. The molecule has 1 amide bonds. The third kappa shape index (κ3) is 2.91. The fraction of sp³-hybridized carbons (Fsp3) is 0.533. The number of likely N-dealkylation sites (tertiary alicyclic amines) is 1. The van der Waals surface area contributed by atoms with Gasteiger partial charge in [0.1, 0.15) is 0 Å². The van der Waals surface area contributed by atoms with Crippen LogP contribution < -0.4 is 5.32 Å². The normalized spacial score (nSPS) is 17.9. The Kier molecular flexibility index (Phi) is 4.37. The summed E-state index contributed by atoms with van der Waals surface area (Å²) in [5.41, 5.74) is 2.57. The molecule has 98 valence electrons. The van der Waals surface area contributed by atoms with Crippen LogP contribution in [0.1, 0.15) is 36.4 Å². The highest BCUT2D eigenvalue weighted by atomic mass is 16.2. The third-order valence-corrected chi connectivity index (χ3v) is 3.74. The molecule has 1 saturated heterocycles. The third-order valence-electron chi connectivity index (χ3n) is 3.74. The lowest BCUT2D eigenvalue weighted by Gasteiger charge is -2.31. The number of carbonyl (C=O) groups is 1. The van der Waals surface area contributed by atoms with Crippen molar-refractivity contribution in [3.8, 4) is 0 Å². The Hall–Kier alpha value is -1.35. The molecular formula is C15H22N2O. The molecule has 0 bridgehead atoms. The first-order chi connectivity index (χ1) is 8.72. The van der Waals surface area contributed by atoms with Crippen molar-refractivity contribution < 1.29 is 4.79 Å². The predicted octanol–water partition coefficient (Wildman–Crippen LogP) is 2.27. The molecule has 1 atom stereocenters. The summed E-state index contributed by atoms with van der Waals surface area (Å²) in [6, 6.07) is 8.61. The van der Waals surface area contributed by atoms with Crippen molar-refractivity contribution in [3.63, 3.8) is 0 Å². The quantitative estimate of drug-likeness (QED) is 0.884. The van der Waals surface area contributed by atoms with Gasteiger partial charge in [-0.25, -0.2) is 0 Å². The molecule has 0 saturated carbocycles. The van der Waals surface area contributed by atoms with Gasteiger partial charge in [0.05, 0.1) is 0 Å². The number of rotatable bonds is 4. The van der Waals surface area contributed by atoms with Crippen LogP contribution in [0.4, 0.5) is 0 Å². The van der Waals surface area contributed by atoms with Crippen molar-refractivity contribution in [1.29, 1.82) is 0 Å². The molecule has 1 fully saturated rings. The largest absolute Gasteiger partial charge is 0.341 e. The van der Waals surface area contributed by atoms with Gasteiger partial charge in [0, 0.05) is 25.6 Å². The summed E-state index contributed by atoms with van der Waals surface area (Å²) in [6.07, 6.45) is 2.89. The van der Waals surface area contributed by atoms with E-state index in [4.69, 9.17) is 0 Å². The minimum Gasteiger partial charge on any atom is -0.341 e. The van der Waals surface area contributed by atoms with Gasteiger partial charge in [-0.05, 0) is 37.9 Å². The van der Waals surface area contributed by atoms with Gasteiger partial charge in [-0.15, -0.1) is 0 Å². The van der Waals surface area contributed by atoms with Gasteiger partial charge in [-0.1, -0.05) is 24.3 Å². The van der Waals surface area contributed by atoms with Crippen molar-refractivity contribution in [2.45, 2.75) is 32.2 Å². The van der Waals surface area contributed by atoms with Crippen molar-refractivity contribution in [1.82, 2.24) is 10.2 Å². The molecule has 3 heteroatoms. The highest BCUT2D eigenvalue weighted by Gasteiger charge is 2.22. The number of hydrogen-bond donors (Lipinski definition) is 1. The van der Waals surface area contributed by atoms with E-state index in [1.807, 2.05) is 11.9 Å². The highest BCUT2D eigenvalue weighted by molar-refractivity contribution is 5.76. The maximum atomic E-state index is 11.9. The van der Waals surface area contributed by atoms with Crippen LogP contribution in [-0.2, 0) is 4.79 Å². The molecule has 1 heterocycles. The summed E-state index contributed by atoms with van der Waals surface area (Å²) < 4.78 is 0. The Morgan fingerprint density at radius 3 is 2.78 bits per heavy atom. The number of likely N-dealkylation sites (N-methyl/N-ethyl adjacent to an activating group) is 1. The molecule has 1 aromatic rings. The zero-order valence-corrected chi connectivity index (χ0v) is 11.3. The summed E-state index contributed by atoms with van der Waals surface area (Å²) in [7, 11) is 1.96. The molecule has 1 unspecified atom stereocenters. The number of carbonyl (C=O) groups excluding carboxylic acids is 1.